The van der Waals surface area contributed by atoms with Crippen molar-refractivity contribution in [2.75, 3.05) is 11.0 Å². The van der Waals surface area contributed by atoms with E-state index in [0.717, 1.165) is 35.8 Å². The topological polar surface area (TPSA) is 78.9 Å². The second-order valence-corrected chi connectivity index (χ2v) is 10.5. The normalized spacial score (nSPS) is 11.6. The van der Waals surface area contributed by atoms with Crippen LogP contribution in [-0.4, -0.2) is 21.7 Å². The second kappa shape index (κ2) is 11.9. The summed E-state index contributed by atoms with van der Waals surface area (Å²) >= 11 is 2.34. The number of pyridine rings is 1. The minimum atomic E-state index is -4.71. The van der Waals surface area contributed by atoms with Gasteiger partial charge in [0.1, 0.15) is 17.3 Å². The smallest absolute Gasteiger partial charge is 0.331 e. The van der Waals surface area contributed by atoms with E-state index in [0.29, 0.717) is 11.0 Å². The highest BCUT2D eigenvalue weighted by molar-refractivity contribution is 7.99. The zero-order valence-electron chi connectivity index (χ0n) is 21.7. The highest BCUT2D eigenvalue weighted by atomic mass is 32.2. The van der Waals surface area contributed by atoms with Gasteiger partial charge in [-0.2, -0.15) is 13.2 Å². The van der Waals surface area contributed by atoms with Crippen LogP contribution in [0.25, 0.3) is 22.0 Å². The number of fused-ring (bicyclic) bond motifs is 1. The van der Waals surface area contributed by atoms with Crippen LogP contribution in [0.2, 0.25) is 0 Å². The SMILES string of the molecule is CSNc1cccc(SNC(=O)c2c(-c3ccc[nH]c3=O)c3cc(C(F)(F)F)ccc3n2Cc2ccc(F)cc2F)c1. The molecule has 0 spiro atoms. The van der Waals surface area contributed by atoms with E-state index < -0.39 is 34.8 Å². The molecule has 0 aliphatic heterocycles. The number of aromatic nitrogens is 2. The number of carbonyl (C=O) groups excluding carboxylic acids is 1. The number of carbonyl (C=O) groups is 1. The molecule has 5 aromatic rings. The fraction of sp³-hybridized carbons (Fsp3) is 0.103. The van der Waals surface area contributed by atoms with Crippen LogP contribution in [0.3, 0.4) is 0 Å². The Bertz CT molecular complexity index is 1850. The number of alkyl halides is 3. The van der Waals surface area contributed by atoms with Crippen molar-refractivity contribution < 1.29 is 26.7 Å². The van der Waals surface area contributed by atoms with Gasteiger partial charge >= 0.3 is 6.18 Å². The number of anilines is 1. The van der Waals surface area contributed by atoms with E-state index >= 15 is 0 Å². The molecule has 0 aliphatic carbocycles. The lowest BCUT2D eigenvalue weighted by Crippen LogP contribution is -2.22. The van der Waals surface area contributed by atoms with Gasteiger partial charge in [-0.25, -0.2) is 8.78 Å². The highest BCUT2D eigenvalue weighted by Crippen LogP contribution is 2.39. The summed E-state index contributed by atoms with van der Waals surface area (Å²) in [6, 6.07) is 15.8. The van der Waals surface area contributed by atoms with E-state index in [9.17, 15) is 31.5 Å². The zero-order valence-corrected chi connectivity index (χ0v) is 23.3. The maximum Gasteiger partial charge on any atom is 0.416 e. The predicted molar refractivity (Wildman–Crippen MR) is 155 cm³/mol. The molecule has 6 nitrogen and oxygen atoms in total. The van der Waals surface area contributed by atoms with E-state index in [-0.39, 0.29) is 39.8 Å². The first-order chi connectivity index (χ1) is 20.1. The molecule has 42 heavy (non-hydrogen) atoms. The van der Waals surface area contributed by atoms with Gasteiger partial charge in [0.25, 0.3) is 11.5 Å². The number of nitrogens with one attached hydrogen (secondary N) is 3. The van der Waals surface area contributed by atoms with Crippen molar-refractivity contribution in [1.82, 2.24) is 14.3 Å². The lowest BCUT2D eigenvalue weighted by atomic mass is 10.0. The molecule has 2 heterocycles. The van der Waals surface area contributed by atoms with E-state index in [1.165, 1.54) is 47.0 Å². The minimum absolute atomic E-state index is 0.0146. The van der Waals surface area contributed by atoms with Gasteiger partial charge in [-0.3, -0.25) is 14.3 Å². The van der Waals surface area contributed by atoms with Crippen LogP contribution in [0, 0.1) is 11.6 Å². The maximum absolute atomic E-state index is 14.8. The van der Waals surface area contributed by atoms with Gasteiger partial charge in [-0.1, -0.05) is 24.1 Å². The number of aromatic amines is 1. The van der Waals surface area contributed by atoms with E-state index in [1.54, 1.807) is 18.2 Å². The highest BCUT2D eigenvalue weighted by Gasteiger charge is 2.33. The Morgan fingerprint density at radius 2 is 1.81 bits per heavy atom. The standard InChI is InChI=1S/C29H21F5N4O2S2/c1-41-36-19-4-2-5-20(14-19)42-37-28(40)26-25(21-6-3-11-35-27(21)39)22-12-17(29(32,33)34)8-10-24(22)38(26)15-16-7-9-18(30)13-23(16)31/h2-14,36H,15H2,1H3,(H,35,39)(H,37,40). The molecule has 0 saturated carbocycles. The lowest BCUT2D eigenvalue weighted by molar-refractivity contribution is -0.137. The molecule has 216 valence electrons. The molecule has 13 heteroatoms. The first-order valence-electron chi connectivity index (χ1n) is 12.3. The molecule has 3 aromatic carbocycles. The Morgan fingerprint density at radius 3 is 2.52 bits per heavy atom. The average Bonchev–Trinajstić information content (AvgIpc) is 3.26. The van der Waals surface area contributed by atoms with Crippen molar-refractivity contribution >= 4 is 46.4 Å². The van der Waals surface area contributed by atoms with Crippen molar-refractivity contribution in [1.29, 1.82) is 0 Å². The molecule has 0 bridgehead atoms. The molecule has 5 rings (SSSR count). The van der Waals surface area contributed by atoms with Gasteiger partial charge in [0.2, 0.25) is 0 Å². The molecule has 0 fully saturated rings. The van der Waals surface area contributed by atoms with Crippen LogP contribution in [-0.2, 0) is 12.7 Å². The van der Waals surface area contributed by atoms with E-state index in [4.69, 9.17) is 0 Å². The Balaban J connectivity index is 1.72. The maximum atomic E-state index is 14.8. The molecule has 2 aromatic heterocycles. The van der Waals surface area contributed by atoms with Crippen molar-refractivity contribution in [2.45, 2.75) is 17.6 Å². The number of hydrogen-bond donors (Lipinski definition) is 3. The molecule has 0 aliphatic rings. The van der Waals surface area contributed by atoms with Gasteiger partial charge < -0.3 is 14.3 Å². The van der Waals surface area contributed by atoms with Gasteiger partial charge in [-0.15, -0.1) is 0 Å². The number of nitrogens with zero attached hydrogens (tertiary/aromatic N) is 1. The summed E-state index contributed by atoms with van der Waals surface area (Å²) in [5.74, 6) is -2.46. The number of rotatable bonds is 8. The second-order valence-electron chi connectivity index (χ2n) is 9.06. The summed E-state index contributed by atoms with van der Waals surface area (Å²) in [4.78, 5) is 29.9. The molecule has 0 atom stereocenters. The molecule has 1 amide bonds. The largest absolute Gasteiger partial charge is 0.416 e. The van der Waals surface area contributed by atoms with Gasteiger partial charge in [-0.05, 0) is 66.5 Å². The monoisotopic (exact) mass is 616 g/mol. The molecule has 0 saturated heterocycles. The van der Waals surface area contributed by atoms with Crippen LogP contribution in [0.1, 0.15) is 21.6 Å². The zero-order chi connectivity index (χ0) is 30.0. The first-order valence-corrected chi connectivity index (χ1v) is 14.3. The Morgan fingerprint density at radius 1 is 1.00 bits per heavy atom. The van der Waals surface area contributed by atoms with Crippen molar-refractivity contribution in [3.63, 3.8) is 0 Å². The van der Waals surface area contributed by atoms with Crippen molar-refractivity contribution in [3.05, 3.63) is 118 Å². The van der Waals surface area contributed by atoms with Crippen LogP contribution in [0.4, 0.5) is 27.6 Å². The van der Waals surface area contributed by atoms with Crippen LogP contribution in [0.15, 0.2) is 88.7 Å². The summed E-state index contributed by atoms with van der Waals surface area (Å²) in [6.45, 7) is -0.334. The van der Waals surface area contributed by atoms with Gasteiger partial charge in [0, 0.05) is 56.7 Å². The number of halogens is 5. The number of hydrogen-bond acceptors (Lipinski definition) is 5. The number of benzene rings is 3. The molecule has 0 radical (unpaired) electrons. The summed E-state index contributed by atoms with van der Waals surface area (Å²) < 4.78 is 76.9. The van der Waals surface area contributed by atoms with Crippen LogP contribution < -0.4 is 15.0 Å². The summed E-state index contributed by atoms with van der Waals surface area (Å²) in [7, 11) is 0. The van der Waals surface area contributed by atoms with Crippen molar-refractivity contribution in [3.8, 4) is 11.1 Å². The average molecular weight is 617 g/mol. The summed E-state index contributed by atoms with van der Waals surface area (Å²) in [5, 5.41) is -0.0367. The minimum Gasteiger partial charge on any atom is -0.331 e. The quantitative estimate of drug-likeness (QED) is 0.125. The molecule has 3 N–H and O–H groups in total. The molecule has 0 unspecified atom stereocenters. The summed E-state index contributed by atoms with van der Waals surface area (Å²) in [5.41, 5.74) is -1.01. The third-order valence-corrected chi connectivity index (χ3v) is 7.57. The fourth-order valence-electron chi connectivity index (χ4n) is 4.54. The van der Waals surface area contributed by atoms with E-state index in [2.05, 4.69) is 14.4 Å². The third-order valence-electron chi connectivity index (χ3n) is 6.35. The van der Waals surface area contributed by atoms with Gasteiger partial charge in [0.15, 0.2) is 0 Å². The van der Waals surface area contributed by atoms with Gasteiger partial charge in [0.05, 0.1) is 12.1 Å². The molecular formula is C29H21F5N4O2S2. The first kappa shape index (κ1) is 29.3. The third kappa shape index (κ3) is 6.02. The molecular weight excluding hydrogens is 595 g/mol. The van der Waals surface area contributed by atoms with Crippen LogP contribution in [0.5, 0.6) is 0 Å². The number of amides is 1. The Labute approximate surface area is 244 Å². The van der Waals surface area contributed by atoms with E-state index in [1.807, 2.05) is 12.3 Å². The Hall–Kier alpha value is -4.23. The summed E-state index contributed by atoms with van der Waals surface area (Å²) in [6.07, 6.45) is -1.51. The van der Waals surface area contributed by atoms with Crippen molar-refractivity contribution in [2.24, 2.45) is 0 Å². The number of H-pyrrole nitrogens is 1. The Kier molecular flexibility index (Phi) is 8.32. The predicted octanol–water partition coefficient (Wildman–Crippen LogP) is 7.47. The van der Waals surface area contributed by atoms with Crippen LogP contribution >= 0.6 is 23.9 Å². The fourth-order valence-corrected chi connectivity index (χ4v) is 5.54. The lowest BCUT2D eigenvalue weighted by Gasteiger charge is -2.14.